The van der Waals surface area contributed by atoms with Crippen molar-refractivity contribution < 1.29 is 14.6 Å². The summed E-state index contributed by atoms with van der Waals surface area (Å²) in [6.07, 6.45) is 1.67. The van der Waals surface area contributed by atoms with Gasteiger partial charge in [-0.1, -0.05) is 12.1 Å². The summed E-state index contributed by atoms with van der Waals surface area (Å²) >= 11 is 0. The van der Waals surface area contributed by atoms with Gasteiger partial charge in [-0.25, -0.2) is 5.43 Å². The molecule has 0 saturated heterocycles. The van der Waals surface area contributed by atoms with E-state index in [0.717, 1.165) is 0 Å². The summed E-state index contributed by atoms with van der Waals surface area (Å²) in [5.41, 5.74) is 2.91. The topological polar surface area (TPSA) is 70.9 Å². The van der Waals surface area contributed by atoms with Crippen LogP contribution in [-0.2, 0) is 9.53 Å². The zero-order valence-corrected chi connectivity index (χ0v) is 9.72. The van der Waals surface area contributed by atoms with Gasteiger partial charge < -0.3 is 9.84 Å². The van der Waals surface area contributed by atoms with Gasteiger partial charge in [-0.2, -0.15) is 5.10 Å². The highest BCUT2D eigenvalue weighted by molar-refractivity contribution is 5.84. The van der Waals surface area contributed by atoms with Gasteiger partial charge in [0.25, 0.3) is 0 Å². The Balaban J connectivity index is 2.35. The number of rotatable bonds is 6. The number of carbonyl (C=O) groups excluding carboxylic acids is 1. The first-order valence-corrected chi connectivity index (χ1v) is 5.41. The second kappa shape index (κ2) is 7.40. The first-order valence-electron chi connectivity index (χ1n) is 5.41. The lowest BCUT2D eigenvalue weighted by Gasteiger charge is -2.00. The SMILES string of the molecule is CCOCCC(=O)N/N=C/c1ccccc1O. The summed E-state index contributed by atoms with van der Waals surface area (Å²) in [7, 11) is 0. The van der Waals surface area contributed by atoms with Crippen molar-refractivity contribution in [3.05, 3.63) is 29.8 Å². The van der Waals surface area contributed by atoms with Gasteiger partial charge in [0.15, 0.2) is 0 Å². The van der Waals surface area contributed by atoms with Crippen molar-refractivity contribution in [2.24, 2.45) is 5.10 Å². The van der Waals surface area contributed by atoms with Gasteiger partial charge in [0.05, 0.1) is 19.2 Å². The van der Waals surface area contributed by atoms with E-state index < -0.39 is 0 Å². The molecule has 0 unspecified atom stereocenters. The Labute approximate surface area is 100 Å². The van der Waals surface area contributed by atoms with Crippen molar-refractivity contribution >= 4 is 12.1 Å². The number of nitrogens with one attached hydrogen (secondary N) is 1. The monoisotopic (exact) mass is 236 g/mol. The summed E-state index contributed by atoms with van der Waals surface area (Å²) in [6, 6.07) is 6.74. The van der Waals surface area contributed by atoms with E-state index in [1.165, 1.54) is 6.21 Å². The van der Waals surface area contributed by atoms with Crippen molar-refractivity contribution in [2.45, 2.75) is 13.3 Å². The Morgan fingerprint density at radius 3 is 3.00 bits per heavy atom. The molecule has 17 heavy (non-hydrogen) atoms. The lowest BCUT2D eigenvalue weighted by Crippen LogP contribution is -2.19. The maximum atomic E-state index is 11.2. The Kier molecular flexibility index (Phi) is 5.74. The third kappa shape index (κ3) is 5.12. The predicted molar refractivity (Wildman–Crippen MR) is 65.0 cm³/mol. The van der Waals surface area contributed by atoms with Gasteiger partial charge >= 0.3 is 0 Å². The summed E-state index contributed by atoms with van der Waals surface area (Å²) in [5, 5.41) is 13.2. The van der Waals surface area contributed by atoms with Crippen LogP contribution in [-0.4, -0.2) is 30.4 Å². The summed E-state index contributed by atoms with van der Waals surface area (Å²) in [4.78, 5) is 11.2. The zero-order chi connectivity index (χ0) is 12.5. The number of phenolic OH excluding ortho intramolecular Hbond substituents is 1. The lowest BCUT2D eigenvalue weighted by atomic mass is 10.2. The fraction of sp³-hybridized carbons (Fsp3) is 0.333. The molecule has 0 aliphatic carbocycles. The van der Waals surface area contributed by atoms with Crippen molar-refractivity contribution in [3.8, 4) is 5.75 Å². The van der Waals surface area contributed by atoms with E-state index in [4.69, 9.17) is 4.74 Å². The number of para-hydroxylation sites is 1. The fourth-order valence-corrected chi connectivity index (χ4v) is 1.14. The second-order valence-corrected chi connectivity index (χ2v) is 3.30. The molecule has 0 radical (unpaired) electrons. The summed E-state index contributed by atoms with van der Waals surface area (Å²) < 4.78 is 5.04. The molecule has 0 aromatic heterocycles. The Bertz CT molecular complexity index is 391. The molecule has 1 aromatic rings. The highest BCUT2D eigenvalue weighted by atomic mass is 16.5. The number of amides is 1. The normalized spacial score (nSPS) is 10.6. The molecule has 1 rings (SSSR count). The number of carbonyl (C=O) groups is 1. The molecular formula is C12H16N2O3. The van der Waals surface area contributed by atoms with Crippen LogP contribution in [0.5, 0.6) is 5.75 Å². The number of hydrogen-bond donors (Lipinski definition) is 2. The third-order valence-corrected chi connectivity index (χ3v) is 2.01. The van der Waals surface area contributed by atoms with Crippen LogP contribution in [0.25, 0.3) is 0 Å². The molecule has 5 heteroatoms. The second-order valence-electron chi connectivity index (χ2n) is 3.30. The molecule has 0 fully saturated rings. The van der Waals surface area contributed by atoms with Crippen molar-refractivity contribution in [1.29, 1.82) is 0 Å². The quantitative estimate of drug-likeness (QED) is 0.444. The Morgan fingerprint density at radius 1 is 1.53 bits per heavy atom. The molecule has 92 valence electrons. The van der Waals surface area contributed by atoms with Crippen LogP contribution < -0.4 is 5.43 Å². The summed E-state index contributed by atoms with van der Waals surface area (Å²) in [5.74, 6) is -0.0927. The maximum absolute atomic E-state index is 11.2. The van der Waals surface area contributed by atoms with E-state index in [1.807, 2.05) is 6.92 Å². The summed E-state index contributed by atoms with van der Waals surface area (Å²) in [6.45, 7) is 2.84. The van der Waals surface area contributed by atoms with Crippen molar-refractivity contribution in [2.75, 3.05) is 13.2 Å². The minimum absolute atomic E-state index is 0.125. The highest BCUT2D eigenvalue weighted by Gasteiger charge is 1.99. The van der Waals surface area contributed by atoms with Gasteiger partial charge in [0.1, 0.15) is 5.75 Å². The van der Waals surface area contributed by atoms with Gasteiger partial charge in [-0.3, -0.25) is 4.79 Å². The van der Waals surface area contributed by atoms with Gasteiger partial charge in [0.2, 0.25) is 5.91 Å². The van der Waals surface area contributed by atoms with Crippen LogP contribution >= 0.6 is 0 Å². The molecule has 5 nitrogen and oxygen atoms in total. The molecular weight excluding hydrogens is 220 g/mol. The Morgan fingerprint density at radius 2 is 2.29 bits per heavy atom. The number of phenols is 1. The Hall–Kier alpha value is -1.88. The van der Waals surface area contributed by atoms with Crippen LogP contribution in [0.1, 0.15) is 18.9 Å². The lowest BCUT2D eigenvalue weighted by molar-refractivity contribution is -0.122. The third-order valence-electron chi connectivity index (χ3n) is 2.01. The van der Waals surface area contributed by atoms with Crippen LogP contribution in [0.3, 0.4) is 0 Å². The molecule has 0 aliphatic rings. The smallest absolute Gasteiger partial charge is 0.242 e. The fourth-order valence-electron chi connectivity index (χ4n) is 1.14. The van der Waals surface area contributed by atoms with E-state index in [0.29, 0.717) is 18.8 Å². The van der Waals surface area contributed by atoms with Crippen LogP contribution in [0.4, 0.5) is 0 Å². The molecule has 1 amide bonds. The van der Waals surface area contributed by atoms with Gasteiger partial charge in [-0.15, -0.1) is 0 Å². The van der Waals surface area contributed by atoms with E-state index in [-0.39, 0.29) is 18.1 Å². The number of benzene rings is 1. The minimum atomic E-state index is -0.217. The van der Waals surface area contributed by atoms with Crippen LogP contribution in [0.15, 0.2) is 29.4 Å². The molecule has 0 heterocycles. The largest absolute Gasteiger partial charge is 0.507 e. The molecule has 0 saturated carbocycles. The first-order chi connectivity index (χ1) is 8.24. The van der Waals surface area contributed by atoms with E-state index >= 15 is 0 Å². The molecule has 0 spiro atoms. The molecule has 2 N–H and O–H groups in total. The molecule has 0 bridgehead atoms. The minimum Gasteiger partial charge on any atom is -0.507 e. The van der Waals surface area contributed by atoms with Crippen molar-refractivity contribution in [1.82, 2.24) is 5.43 Å². The van der Waals surface area contributed by atoms with Crippen molar-refractivity contribution in [3.63, 3.8) is 0 Å². The number of nitrogens with zero attached hydrogens (tertiary/aromatic N) is 1. The molecule has 0 aliphatic heterocycles. The highest BCUT2D eigenvalue weighted by Crippen LogP contribution is 2.12. The average molecular weight is 236 g/mol. The van der Waals surface area contributed by atoms with E-state index in [2.05, 4.69) is 10.5 Å². The van der Waals surface area contributed by atoms with Crippen LogP contribution in [0.2, 0.25) is 0 Å². The van der Waals surface area contributed by atoms with Gasteiger partial charge in [0, 0.05) is 12.2 Å². The first kappa shape index (κ1) is 13.2. The number of ether oxygens (including phenoxy) is 1. The number of hydrazone groups is 1. The average Bonchev–Trinajstić information content (AvgIpc) is 2.32. The molecule has 1 aromatic carbocycles. The molecule has 0 atom stereocenters. The number of hydrogen-bond acceptors (Lipinski definition) is 4. The van der Waals surface area contributed by atoms with E-state index in [1.54, 1.807) is 24.3 Å². The number of aromatic hydroxyl groups is 1. The zero-order valence-electron chi connectivity index (χ0n) is 9.72. The van der Waals surface area contributed by atoms with Gasteiger partial charge in [-0.05, 0) is 19.1 Å². The van der Waals surface area contributed by atoms with Crippen LogP contribution in [0, 0.1) is 0 Å². The predicted octanol–water partition coefficient (Wildman–Crippen LogP) is 1.27. The maximum Gasteiger partial charge on any atom is 0.242 e. The standard InChI is InChI=1S/C12H16N2O3/c1-2-17-8-7-12(16)14-13-9-10-5-3-4-6-11(10)15/h3-6,9,15H,2,7-8H2,1H3,(H,14,16)/b13-9+. The van der Waals surface area contributed by atoms with E-state index in [9.17, 15) is 9.90 Å².